The average Bonchev–Trinajstić information content (AvgIpc) is 2.30. The van der Waals surface area contributed by atoms with E-state index in [2.05, 4.69) is 4.98 Å². The molecule has 0 fully saturated rings. The van der Waals surface area contributed by atoms with Gasteiger partial charge in [-0.05, 0) is 11.6 Å². The molecule has 0 bridgehead atoms. The highest BCUT2D eigenvalue weighted by Crippen LogP contribution is 2.24. The Balaban J connectivity index is 2.51. The van der Waals surface area contributed by atoms with Gasteiger partial charge in [-0.15, -0.1) is 0 Å². The predicted molar refractivity (Wildman–Crippen MR) is 59.5 cm³/mol. The number of aldehydes is 1. The predicted octanol–water partition coefficient (Wildman–Crippen LogP) is 2.14. The van der Waals surface area contributed by atoms with Crippen molar-refractivity contribution in [2.45, 2.75) is 0 Å². The molecule has 0 amide bonds. The van der Waals surface area contributed by atoms with Gasteiger partial charge in [-0.3, -0.25) is 9.78 Å². The first-order valence-corrected chi connectivity index (χ1v) is 4.57. The first kappa shape index (κ1) is 9.40. The number of pyridine rings is 1. The molecule has 3 heteroatoms. The summed E-state index contributed by atoms with van der Waals surface area (Å²) in [6, 6.07) is 11.3. The summed E-state index contributed by atoms with van der Waals surface area (Å²) in [5.74, 6) is 0. The van der Waals surface area contributed by atoms with Gasteiger partial charge in [-0.25, -0.2) is 0 Å². The van der Waals surface area contributed by atoms with Crippen molar-refractivity contribution < 1.29 is 4.79 Å². The van der Waals surface area contributed by atoms with Crippen molar-refractivity contribution in [2.24, 2.45) is 0 Å². The molecule has 2 N–H and O–H groups in total. The van der Waals surface area contributed by atoms with Crippen LogP contribution in [0.15, 0.2) is 42.6 Å². The van der Waals surface area contributed by atoms with Crippen LogP contribution in [0.25, 0.3) is 11.1 Å². The molecule has 0 saturated heterocycles. The molecule has 1 aromatic heterocycles. The van der Waals surface area contributed by atoms with Gasteiger partial charge in [0.25, 0.3) is 0 Å². The van der Waals surface area contributed by atoms with Gasteiger partial charge in [0.1, 0.15) is 5.69 Å². The maximum Gasteiger partial charge on any atom is 0.168 e. The van der Waals surface area contributed by atoms with E-state index in [1.54, 1.807) is 12.3 Å². The second-order valence-corrected chi connectivity index (χ2v) is 3.18. The second-order valence-electron chi connectivity index (χ2n) is 3.18. The molecule has 0 atom stereocenters. The Hall–Kier alpha value is -2.16. The smallest absolute Gasteiger partial charge is 0.168 e. The topological polar surface area (TPSA) is 56.0 Å². The summed E-state index contributed by atoms with van der Waals surface area (Å²) in [5, 5.41) is 0. The van der Waals surface area contributed by atoms with Gasteiger partial charge in [0.05, 0.1) is 0 Å². The zero-order chi connectivity index (χ0) is 10.7. The third-order valence-corrected chi connectivity index (χ3v) is 2.16. The lowest BCUT2D eigenvalue weighted by atomic mass is 10.1. The molecule has 74 valence electrons. The number of carbonyl (C=O) groups excluding carboxylic acids is 1. The number of nitrogen functional groups attached to an aromatic ring is 1. The quantitative estimate of drug-likeness (QED) is 0.752. The summed E-state index contributed by atoms with van der Waals surface area (Å²) in [6.45, 7) is 0. The van der Waals surface area contributed by atoms with Crippen LogP contribution in [0.3, 0.4) is 0 Å². The van der Waals surface area contributed by atoms with Crippen molar-refractivity contribution in [1.82, 2.24) is 4.98 Å². The van der Waals surface area contributed by atoms with Crippen LogP contribution in [-0.2, 0) is 0 Å². The third-order valence-electron chi connectivity index (χ3n) is 2.16. The summed E-state index contributed by atoms with van der Waals surface area (Å²) in [6.07, 6.45) is 2.31. The fourth-order valence-corrected chi connectivity index (χ4v) is 1.41. The van der Waals surface area contributed by atoms with E-state index in [0.717, 1.165) is 11.1 Å². The molecule has 1 aromatic carbocycles. The minimum Gasteiger partial charge on any atom is -0.398 e. The Labute approximate surface area is 87.6 Å². The number of rotatable bonds is 2. The fourth-order valence-electron chi connectivity index (χ4n) is 1.41. The third kappa shape index (κ3) is 1.86. The van der Waals surface area contributed by atoms with Gasteiger partial charge in [0.2, 0.25) is 0 Å². The van der Waals surface area contributed by atoms with Crippen molar-refractivity contribution >= 4 is 12.0 Å². The fraction of sp³-hybridized carbons (Fsp3) is 0. The number of carbonyl (C=O) groups is 1. The van der Waals surface area contributed by atoms with Crippen LogP contribution < -0.4 is 5.73 Å². The molecule has 0 aliphatic carbocycles. The van der Waals surface area contributed by atoms with E-state index in [-0.39, 0.29) is 0 Å². The standard InChI is InChI=1S/C12H10N2O/c13-12-6-10(8-15)14-7-11(12)9-4-2-1-3-5-9/h1-8H,(H2,13,14). The normalized spacial score (nSPS) is 9.87. The van der Waals surface area contributed by atoms with Crippen LogP contribution in [-0.4, -0.2) is 11.3 Å². The lowest BCUT2D eigenvalue weighted by molar-refractivity contribution is 0.111. The Morgan fingerprint density at radius 2 is 1.93 bits per heavy atom. The number of hydrogen-bond donors (Lipinski definition) is 1. The Morgan fingerprint density at radius 3 is 2.53 bits per heavy atom. The minimum atomic E-state index is 0.354. The summed E-state index contributed by atoms with van der Waals surface area (Å²) in [5.41, 5.74) is 8.60. The molecule has 0 spiro atoms. The molecule has 0 unspecified atom stereocenters. The maximum absolute atomic E-state index is 10.5. The molecule has 0 aliphatic rings. The van der Waals surface area contributed by atoms with E-state index in [9.17, 15) is 4.79 Å². The van der Waals surface area contributed by atoms with Gasteiger partial charge >= 0.3 is 0 Å². The van der Waals surface area contributed by atoms with Crippen LogP contribution in [0.1, 0.15) is 10.5 Å². The van der Waals surface area contributed by atoms with Gasteiger partial charge in [0.15, 0.2) is 6.29 Å². The first-order valence-electron chi connectivity index (χ1n) is 4.57. The lowest BCUT2D eigenvalue weighted by Crippen LogP contribution is -1.95. The minimum absolute atomic E-state index is 0.354. The van der Waals surface area contributed by atoms with E-state index in [1.165, 1.54) is 0 Å². The van der Waals surface area contributed by atoms with Crippen LogP contribution >= 0.6 is 0 Å². The van der Waals surface area contributed by atoms with Gasteiger partial charge in [-0.2, -0.15) is 0 Å². The lowest BCUT2D eigenvalue weighted by Gasteiger charge is -2.04. The Bertz CT molecular complexity index is 480. The summed E-state index contributed by atoms with van der Waals surface area (Å²) < 4.78 is 0. The van der Waals surface area contributed by atoms with Crippen molar-refractivity contribution in [1.29, 1.82) is 0 Å². The van der Waals surface area contributed by atoms with Crippen LogP contribution in [0.5, 0.6) is 0 Å². The van der Waals surface area contributed by atoms with Crippen LogP contribution in [0, 0.1) is 0 Å². The number of aromatic nitrogens is 1. The zero-order valence-electron chi connectivity index (χ0n) is 8.05. The second kappa shape index (κ2) is 3.92. The van der Waals surface area contributed by atoms with Crippen molar-refractivity contribution in [3.63, 3.8) is 0 Å². The van der Waals surface area contributed by atoms with Gasteiger partial charge < -0.3 is 5.73 Å². The molecule has 3 nitrogen and oxygen atoms in total. The number of anilines is 1. The first-order chi connectivity index (χ1) is 7.31. The maximum atomic E-state index is 10.5. The van der Waals surface area contributed by atoms with Gasteiger partial charge in [-0.1, -0.05) is 30.3 Å². The Morgan fingerprint density at radius 1 is 1.20 bits per heavy atom. The molecule has 2 rings (SSSR count). The highest BCUT2D eigenvalue weighted by atomic mass is 16.1. The molecule has 0 radical (unpaired) electrons. The number of hydrogen-bond acceptors (Lipinski definition) is 3. The summed E-state index contributed by atoms with van der Waals surface area (Å²) in [4.78, 5) is 14.5. The van der Waals surface area contributed by atoms with E-state index < -0.39 is 0 Å². The number of benzene rings is 1. The summed E-state index contributed by atoms with van der Waals surface area (Å²) in [7, 11) is 0. The summed E-state index contributed by atoms with van der Waals surface area (Å²) >= 11 is 0. The van der Waals surface area contributed by atoms with Crippen molar-refractivity contribution in [3.05, 3.63) is 48.3 Å². The average molecular weight is 198 g/mol. The molecule has 15 heavy (non-hydrogen) atoms. The molecule has 0 saturated carbocycles. The molecular weight excluding hydrogens is 188 g/mol. The van der Waals surface area contributed by atoms with E-state index >= 15 is 0 Å². The largest absolute Gasteiger partial charge is 0.398 e. The van der Waals surface area contributed by atoms with Gasteiger partial charge in [0, 0.05) is 17.4 Å². The zero-order valence-corrected chi connectivity index (χ0v) is 8.05. The van der Waals surface area contributed by atoms with Crippen molar-refractivity contribution in [2.75, 3.05) is 5.73 Å². The monoisotopic (exact) mass is 198 g/mol. The highest BCUT2D eigenvalue weighted by Gasteiger charge is 2.03. The Kier molecular flexibility index (Phi) is 2.46. The van der Waals surface area contributed by atoms with Crippen LogP contribution in [0.4, 0.5) is 5.69 Å². The SMILES string of the molecule is Nc1cc(C=O)ncc1-c1ccccc1. The molecule has 1 heterocycles. The number of nitrogens with two attached hydrogens (primary N) is 1. The molecule has 0 aliphatic heterocycles. The molecular formula is C12H10N2O. The van der Waals surface area contributed by atoms with Crippen molar-refractivity contribution in [3.8, 4) is 11.1 Å². The molecule has 2 aromatic rings. The number of nitrogens with zero attached hydrogens (tertiary/aromatic N) is 1. The highest BCUT2D eigenvalue weighted by molar-refractivity contribution is 5.81. The van der Waals surface area contributed by atoms with E-state index in [4.69, 9.17) is 5.73 Å². The van der Waals surface area contributed by atoms with E-state index in [0.29, 0.717) is 17.7 Å². The van der Waals surface area contributed by atoms with E-state index in [1.807, 2.05) is 30.3 Å². The van der Waals surface area contributed by atoms with Crippen LogP contribution in [0.2, 0.25) is 0 Å².